The maximum atomic E-state index is 12.4. The van der Waals surface area contributed by atoms with E-state index in [1.807, 2.05) is 33.8 Å². The number of hydrogen-bond acceptors (Lipinski definition) is 4. The zero-order valence-electron chi connectivity index (χ0n) is 15.4. The van der Waals surface area contributed by atoms with Crippen LogP contribution in [0.15, 0.2) is 22.9 Å². The van der Waals surface area contributed by atoms with Crippen molar-refractivity contribution in [3.05, 3.63) is 22.9 Å². The predicted octanol–water partition coefficient (Wildman–Crippen LogP) is 3.17. The molecule has 2 rings (SSSR count). The third kappa shape index (κ3) is 5.48. The van der Waals surface area contributed by atoms with Crippen molar-refractivity contribution in [2.24, 2.45) is 0 Å². The van der Waals surface area contributed by atoms with Crippen LogP contribution in [-0.2, 0) is 14.3 Å². The van der Waals surface area contributed by atoms with Crippen LogP contribution in [0, 0.1) is 0 Å². The molecule has 0 saturated carbocycles. The Hall–Kier alpha value is -1.62. The Morgan fingerprint density at radius 1 is 1.21 bits per heavy atom. The molecule has 1 aliphatic heterocycles. The summed E-state index contributed by atoms with van der Waals surface area (Å²) in [6.07, 6.45) is 7.26. The van der Waals surface area contributed by atoms with Gasteiger partial charge in [-0.05, 0) is 59.2 Å². The molecule has 1 aliphatic carbocycles. The number of nitrogens with zero attached hydrogens (tertiary/aromatic N) is 1. The van der Waals surface area contributed by atoms with E-state index in [9.17, 15) is 9.59 Å². The lowest BCUT2D eigenvalue weighted by Gasteiger charge is -2.22. The second kappa shape index (κ2) is 7.97. The minimum atomic E-state index is -0.540. The van der Waals surface area contributed by atoms with Crippen LogP contribution in [0.3, 0.4) is 0 Å². The summed E-state index contributed by atoms with van der Waals surface area (Å²) in [4.78, 5) is 27.0. The standard InChI is InChI=1S/C19H30N2O3.H2/c1-14-9-10-15(18(23)24-19(2,3)4)17(14)20-16(22)13-21-11-7-5-6-8-12-21;/h9H,5-8,10-13H2,1-4H3,(H,20,22);1H. The van der Waals surface area contributed by atoms with E-state index in [1.54, 1.807) is 0 Å². The lowest BCUT2D eigenvalue weighted by Crippen LogP contribution is -2.38. The van der Waals surface area contributed by atoms with Crippen LogP contribution in [0.2, 0.25) is 0 Å². The van der Waals surface area contributed by atoms with E-state index in [1.165, 1.54) is 12.8 Å². The first-order chi connectivity index (χ1) is 11.3. The Balaban J connectivity index is 0.00000312. The Morgan fingerprint density at radius 3 is 2.42 bits per heavy atom. The van der Waals surface area contributed by atoms with Gasteiger partial charge in [-0.15, -0.1) is 0 Å². The Morgan fingerprint density at radius 2 is 1.83 bits per heavy atom. The monoisotopic (exact) mass is 336 g/mol. The molecule has 1 heterocycles. The quantitative estimate of drug-likeness (QED) is 0.801. The van der Waals surface area contributed by atoms with E-state index < -0.39 is 5.60 Å². The molecule has 0 unspecified atom stereocenters. The number of nitrogens with one attached hydrogen (secondary N) is 1. The summed E-state index contributed by atoms with van der Waals surface area (Å²) < 4.78 is 5.46. The molecule has 0 aromatic heterocycles. The summed E-state index contributed by atoms with van der Waals surface area (Å²) in [7, 11) is 0. The molecule has 1 fully saturated rings. The van der Waals surface area contributed by atoms with Gasteiger partial charge in [0.05, 0.1) is 17.8 Å². The van der Waals surface area contributed by atoms with Crippen molar-refractivity contribution in [3.63, 3.8) is 0 Å². The van der Waals surface area contributed by atoms with Gasteiger partial charge in [0.25, 0.3) is 0 Å². The van der Waals surface area contributed by atoms with Crippen molar-refractivity contribution >= 4 is 11.9 Å². The van der Waals surface area contributed by atoms with Crippen molar-refractivity contribution in [1.29, 1.82) is 0 Å². The van der Waals surface area contributed by atoms with E-state index in [0.717, 1.165) is 31.5 Å². The van der Waals surface area contributed by atoms with Gasteiger partial charge >= 0.3 is 5.97 Å². The van der Waals surface area contributed by atoms with Crippen LogP contribution >= 0.6 is 0 Å². The van der Waals surface area contributed by atoms with Crippen molar-refractivity contribution < 1.29 is 15.8 Å². The van der Waals surface area contributed by atoms with Gasteiger partial charge in [0.2, 0.25) is 5.91 Å². The lowest BCUT2D eigenvalue weighted by atomic mass is 10.1. The second-order valence-corrected chi connectivity index (χ2v) is 7.69. The van der Waals surface area contributed by atoms with Crippen LogP contribution < -0.4 is 5.32 Å². The van der Waals surface area contributed by atoms with E-state index in [2.05, 4.69) is 10.2 Å². The van der Waals surface area contributed by atoms with E-state index in [0.29, 0.717) is 24.2 Å². The summed E-state index contributed by atoms with van der Waals surface area (Å²) in [5.41, 5.74) is 1.57. The number of hydrogen-bond donors (Lipinski definition) is 1. The van der Waals surface area contributed by atoms with E-state index >= 15 is 0 Å². The molecule has 136 valence electrons. The number of rotatable bonds is 4. The second-order valence-electron chi connectivity index (χ2n) is 7.69. The molecule has 0 radical (unpaired) electrons. The zero-order valence-corrected chi connectivity index (χ0v) is 15.4. The molecule has 2 aliphatic rings. The molecule has 0 atom stereocenters. The minimum Gasteiger partial charge on any atom is -0.457 e. The average Bonchev–Trinajstić information content (AvgIpc) is 2.68. The molecule has 24 heavy (non-hydrogen) atoms. The summed E-state index contributed by atoms with van der Waals surface area (Å²) in [5.74, 6) is -0.400. The van der Waals surface area contributed by atoms with Gasteiger partial charge in [-0.1, -0.05) is 18.9 Å². The number of esters is 1. The largest absolute Gasteiger partial charge is 0.457 e. The molecule has 0 bridgehead atoms. The van der Waals surface area contributed by atoms with Gasteiger partial charge in [0.1, 0.15) is 5.60 Å². The molecule has 1 amide bonds. The van der Waals surface area contributed by atoms with Gasteiger partial charge in [-0.25, -0.2) is 4.79 Å². The summed E-state index contributed by atoms with van der Waals surface area (Å²) in [5, 5.41) is 2.94. The summed E-state index contributed by atoms with van der Waals surface area (Å²) in [6.45, 7) is 9.78. The molecule has 5 nitrogen and oxygen atoms in total. The number of carbonyl (C=O) groups is 2. The van der Waals surface area contributed by atoms with Crippen LogP contribution in [0.5, 0.6) is 0 Å². The average molecular weight is 336 g/mol. The first-order valence-electron chi connectivity index (χ1n) is 8.92. The smallest absolute Gasteiger partial charge is 0.336 e. The Bertz CT molecular complexity index is 554. The van der Waals surface area contributed by atoms with Gasteiger partial charge in [-0.2, -0.15) is 0 Å². The minimum absolute atomic E-state index is 0. The highest BCUT2D eigenvalue weighted by Gasteiger charge is 2.27. The van der Waals surface area contributed by atoms with Crippen LogP contribution in [0.25, 0.3) is 0 Å². The topological polar surface area (TPSA) is 58.6 Å². The van der Waals surface area contributed by atoms with Gasteiger partial charge in [0.15, 0.2) is 0 Å². The third-order valence-electron chi connectivity index (χ3n) is 4.28. The molecule has 0 aromatic rings. The Labute approximate surface area is 146 Å². The van der Waals surface area contributed by atoms with Crippen LogP contribution in [0.4, 0.5) is 0 Å². The lowest BCUT2D eigenvalue weighted by molar-refractivity contribution is -0.150. The first-order valence-corrected chi connectivity index (χ1v) is 8.92. The van der Waals surface area contributed by atoms with Crippen molar-refractivity contribution in [1.82, 2.24) is 10.2 Å². The summed E-state index contributed by atoms with van der Waals surface area (Å²) in [6, 6.07) is 0. The highest BCUT2D eigenvalue weighted by Crippen LogP contribution is 2.26. The normalized spacial score (nSPS) is 19.8. The van der Waals surface area contributed by atoms with Crippen molar-refractivity contribution in [3.8, 4) is 0 Å². The molecule has 1 saturated heterocycles. The predicted molar refractivity (Wildman–Crippen MR) is 96.4 cm³/mol. The SMILES string of the molecule is CC1=CCC(C(=O)OC(C)(C)C)=C1NC(=O)CN1CCCCCC1.[HH]. The molecular formula is C19H32N2O3. The molecule has 1 N–H and O–H groups in total. The van der Waals surface area contributed by atoms with E-state index in [-0.39, 0.29) is 13.3 Å². The third-order valence-corrected chi connectivity index (χ3v) is 4.28. The fraction of sp³-hybridized carbons (Fsp3) is 0.684. The fourth-order valence-corrected chi connectivity index (χ4v) is 3.07. The van der Waals surface area contributed by atoms with Gasteiger partial charge < -0.3 is 10.1 Å². The van der Waals surface area contributed by atoms with Crippen LogP contribution in [0.1, 0.15) is 61.2 Å². The molecule has 5 heteroatoms. The van der Waals surface area contributed by atoms with E-state index in [4.69, 9.17) is 4.74 Å². The molecular weight excluding hydrogens is 304 g/mol. The number of likely N-dealkylation sites (tertiary alicyclic amines) is 1. The fourth-order valence-electron chi connectivity index (χ4n) is 3.07. The maximum absolute atomic E-state index is 12.4. The highest BCUT2D eigenvalue weighted by molar-refractivity contribution is 5.93. The summed E-state index contributed by atoms with van der Waals surface area (Å²) >= 11 is 0. The zero-order chi connectivity index (χ0) is 17.7. The molecule has 0 spiro atoms. The number of ether oxygens (including phenoxy) is 1. The van der Waals surface area contributed by atoms with Gasteiger partial charge in [0, 0.05) is 7.85 Å². The van der Waals surface area contributed by atoms with Crippen LogP contribution in [-0.4, -0.2) is 42.0 Å². The van der Waals surface area contributed by atoms with Gasteiger partial charge in [-0.3, -0.25) is 9.69 Å². The number of carbonyl (C=O) groups excluding carboxylic acids is 2. The molecule has 0 aromatic carbocycles. The Kier molecular flexibility index (Phi) is 6.21. The number of amides is 1. The number of allylic oxidation sites excluding steroid dienone is 2. The maximum Gasteiger partial charge on any atom is 0.336 e. The van der Waals surface area contributed by atoms with Crippen molar-refractivity contribution in [2.45, 2.75) is 65.4 Å². The van der Waals surface area contributed by atoms with Crippen molar-refractivity contribution in [2.75, 3.05) is 19.6 Å². The first kappa shape index (κ1) is 18.7. The highest BCUT2D eigenvalue weighted by atomic mass is 16.6.